The average Bonchev–Trinajstić information content (AvgIpc) is 3.06. The quantitative estimate of drug-likeness (QED) is 0.429. The average molecular weight is 430 g/mol. The molecule has 0 spiro atoms. The Morgan fingerprint density at radius 2 is 1.94 bits per heavy atom. The first-order valence-corrected chi connectivity index (χ1v) is 11.5. The Bertz CT molecular complexity index is 1190. The molecule has 1 heterocycles. The summed E-state index contributed by atoms with van der Waals surface area (Å²) in [6, 6.07) is 16.0. The van der Waals surface area contributed by atoms with Gasteiger partial charge in [0.05, 0.1) is 5.52 Å². The molecule has 1 aliphatic rings. The van der Waals surface area contributed by atoms with Gasteiger partial charge in [-0.1, -0.05) is 66.1 Å². The van der Waals surface area contributed by atoms with Gasteiger partial charge in [-0.25, -0.2) is 0 Å². The van der Waals surface area contributed by atoms with E-state index in [0.717, 1.165) is 53.0 Å². The van der Waals surface area contributed by atoms with Crippen molar-refractivity contribution < 1.29 is 0 Å². The highest BCUT2D eigenvalue weighted by molar-refractivity contribution is 7.97. The summed E-state index contributed by atoms with van der Waals surface area (Å²) in [5.41, 5.74) is 5.66. The number of hydrogen-bond acceptors (Lipinski definition) is 5. The molecule has 31 heavy (non-hydrogen) atoms. The second-order valence-electron chi connectivity index (χ2n) is 7.94. The van der Waals surface area contributed by atoms with E-state index in [1.807, 2.05) is 54.7 Å². The van der Waals surface area contributed by atoms with Crippen LogP contribution in [-0.4, -0.2) is 42.8 Å². The predicted octanol–water partition coefficient (Wildman–Crippen LogP) is 4.86. The van der Waals surface area contributed by atoms with Crippen LogP contribution >= 0.6 is 11.9 Å². The van der Waals surface area contributed by atoms with E-state index in [1.165, 1.54) is 5.57 Å². The number of rotatable bonds is 7. The van der Waals surface area contributed by atoms with Crippen molar-refractivity contribution in [2.24, 2.45) is 0 Å². The van der Waals surface area contributed by atoms with E-state index in [-0.39, 0.29) is 5.43 Å². The van der Waals surface area contributed by atoms with E-state index in [2.05, 4.69) is 46.9 Å². The predicted molar refractivity (Wildman–Crippen MR) is 134 cm³/mol. The third kappa shape index (κ3) is 5.31. The molecule has 0 saturated carbocycles. The van der Waals surface area contributed by atoms with Crippen LogP contribution in [0.2, 0.25) is 0 Å². The van der Waals surface area contributed by atoms with Gasteiger partial charge in [0, 0.05) is 41.6 Å². The second-order valence-corrected chi connectivity index (χ2v) is 8.92. The zero-order valence-electron chi connectivity index (χ0n) is 18.0. The van der Waals surface area contributed by atoms with Crippen LogP contribution in [0.5, 0.6) is 0 Å². The van der Waals surface area contributed by atoms with E-state index in [9.17, 15) is 4.79 Å². The van der Waals surface area contributed by atoms with Crippen LogP contribution in [0.1, 0.15) is 17.5 Å². The molecule has 0 radical (unpaired) electrons. The number of allylic oxidation sites excluding steroid dienone is 1. The molecule has 3 aromatic rings. The highest BCUT2D eigenvalue weighted by Gasteiger charge is 2.11. The van der Waals surface area contributed by atoms with Crippen molar-refractivity contribution in [2.75, 3.05) is 32.9 Å². The van der Waals surface area contributed by atoms with Crippen LogP contribution in [0.15, 0.2) is 71.2 Å². The molecular weight excluding hydrogens is 402 g/mol. The lowest BCUT2D eigenvalue weighted by Crippen LogP contribution is -2.18. The van der Waals surface area contributed by atoms with Crippen molar-refractivity contribution in [3.8, 4) is 11.1 Å². The maximum atomic E-state index is 13.6. The zero-order chi connectivity index (χ0) is 21.6. The number of nitrogens with one attached hydrogen (secondary N) is 1. The van der Waals surface area contributed by atoms with Crippen molar-refractivity contribution in [3.63, 3.8) is 0 Å². The lowest BCUT2D eigenvalue weighted by atomic mass is 10.0. The molecule has 0 aliphatic heterocycles. The lowest BCUT2D eigenvalue weighted by Gasteiger charge is -2.10. The molecule has 2 aromatic carbocycles. The third-order valence-electron chi connectivity index (χ3n) is 5.31. The third-order valence-corrected chi connectivity index (χ3v) is 6.05. The fraction of sp³-hybridized carbons (Fsp3) is 0.231. The van der Waals surface area contributed by atoms with Crippen LogP contribution in [0.3, 0.4) is 0 Å². The molecule has 0 atom stereocenters. The van der Waals surface area contributed by atoms with Crippen molar-refractivity contribution in [2.45, 2.75) is 6.42 Å². The second kappa shape index (κ2) is 10.1. The largest absolute Gasteiger partial charge is 0.309 e. The normalized spacial score (nSPS) is 13.2. The topological polar surface area (TPSA) is 45.2 Å². The Balaban J connectivity index is 1.68. The number of nitrogens with zero attached hydrogens (tertiary/aromatic N) is 2. The molecular formula is C26H27N3OS. The maximum absolute atomic E-state index is 13.6. The van der Waals surface area contributed by atoms with E-state index < -0.39 is 0 Å². The lowest BCUT2D eigenvalue weighted by molar-refractivity contribution is 0.437. The summed E-state index contributed by atoms with van der Waals surface area (Å²) < 4.78 is 3.44. The van der Waals surface area contributed by atoms with E-state index >= 15 is 0 Å². The van der Waals surface area contributed by atoms with Gasteiger partial charge in [-0.15, -0.1) is 0 Å². The van der Waals surface area contributed by atoms with Gasteiger partial charge in [0.2, 0.25) is 0 Å². The van der Waals surface area contributed by atoms with Gasteiger partial charge in [-0.2, -0.15) is 0 Å². The smallest absolute Gasteiger partial charge is 0.195 e. The standard InChI is InChI=1S/C26H27N3OS/c1-29(2)13-14-31-28-17-19-7-6-10-21-11-12-25-24(26(30)23(21)15-19)16-22(18-27-25)20-8-4-3-5-9-20/h3-6,8-12,15-16,18,28H,7,13-14,17H2,1-2H3. The highest BCUT2D eigenvalue weighted by Crippen LogP contribution is 2.24. The van der Waals surface area contributed by atoms with Crippen LogP contribution in [0.25, 0.3) is 34.2 Å². The summed E-state index contributed by atoms with van der Waals surface area (Å²) in [6.07, 6.45) is 8.93. The first kappa shape index (κ1) is 21.5. The van der Waals surface area contributed by atoms with E-state index in [0.29, 0.717) is 5.39 Å². The number of aromatic nitrogens is 1. The summed E-state index contributed by atoms with van der Waals surface area (Å²) >= 11 is 1.72. The molecule has 5 heteroatoms. The fourth-order valence-corrected chi connectivity index (χ4v) is 4.46. The maximum Gasteiger partial charge on any atom is 0.195 e. The minimum absolute atomic E-state index is 0.0320. The zero-order valence-corrected chi connectivity index (χ0v) is 18.8. The Labute approximate surface area is 187 Å². The number of pyridine rings is 1. The molecule has 158 valence electrons. The summed E-state index contributed by atoms with van der Waals surface area (Å²) in [5, 5.41) is 0.654. The van der Waals surface area contributed by atoms with Crippen molar-refractivity contribution in [1.82, 2.24) is 14.6 Å². The first-order valence-electron chi connectivity index (χ1n) is 10.5. The Kier molecular flexibility index (Phi) is 6.97. The van der Waals surface area contributed by atoms with Crippen LogP contribution < -0.4 is 10.2 Å². The van der Waals surface area contributed by atoms with Gasteiger partial charge in [-0.3, -0.25) is 14.5 Å². The summed E-state index contributed by atoms with van der Waals surface area (Å²) in [4.78, 5) is 20.3. The number of hydrogen-bond donors (Lipinski definition) is 1. The Morgan fingerprint density at radius 3 is 2.74 bits per heavy atom. The molecule has 0 amide bonds. The first-order chi connectivity index (χ1) is 15.1. The molecule has 0 bridgehead atoms. The minimum Gasteiger partial charge on any atom is -0.309 e. The summed E-state index contributed by atoms with van der Waals surface area (Å²) in [6.45, 7) is 1.79. The molecule has 4 rings (SSSR count). The van der Waals surface area contributed by atoms with Crippen molar-refractivity contribution in [3.05, 3.63) is 87.7 Å². The van der Waals surface area contributed by atoms with Gasteiger partial charge >= 0.3 is 0 Å². The molecule has 0 saturated heterocycles. The van der Waals surface area contributed by atoms with Gasteiger partial charge < -0.3 is 4.90 Å². The monoisotopic (exact) mass is 429 g/mol. The Hall–Kier alpha value is -2.73. The summed E-state index contributed by atoms with van der Waals surface area (Å²) in [5.74, 6) is 1.02. The Morgan fingerprint density at radius 1 is 1.10 bits per heavy atom. The van der Waals surface area contributed by atoms with Crippen LogP contribution in [0.4, 0.5) is 0 Å². The SMILES string of the molecule is CN(C)CCSNCC1=Cc2c(ccc3ncc(-c4ccccc4)cc3c2=O)C=CC1. The van der Waals surface area contributed by atoms with Gasteiger partial charge in [0.25, 0.3) is 0 Å². The molecule has 1 aromatic heterocycles. The molecule has 4 nitrogen and oxygen atoms in total. The molecule has 0 unspecified atom stereocenters. The molecule has 1 N–H and O–H groups in total. The van der Waals surface area contributed by atoms with Crippen molar-refractivity contribution in [1.29, 1.82) is 0 Å². The summed E-state index contributed by atoms with van der Waals surface area (Å²) in [7, 11) is 4.16. The van der Waals surface area contributed by atoms with Gasteiger partial charge in [-0.05, 0) is 49.9 Å². The van der Waals surface area contributed by atoms with Gasteiger partial charge in [0.15, 0.2) is 5.43 Å². The van der Waals surface area contributed by atoms with Gasteiger partial charge in [0.1, 0.15) is 0 Å². The molecule has 1 aliphatic carbocycles. The minimum atomic E-state index is 0.0320. The highest BCUT2D eigenvalue weighted by atomic mass is 32.2. The molecule has 0 fully saturated rings. The number of fused-ring (bicyclic) bond motifs is 2. The fourth-order valence-electron chi connectivity index (χ4n) is 3.58. The van der Waals surface area contributed by atoms with Crippen LogP contribution in [0, 0.1) is 0 Å². The number of benzene rings is 1. The van der Waals surface area contributed by atoms with E-state index in [4.69, 9.17) is 0 Å². The van der Waals surface area contributed by atoms with Crippen molar-refractivity contribution >= 4 is 35.0 Å². The van der Waals surface area contributed by atoms with E-state index in [1.54, 1.807) is 11.9 Å². The van der Waals surface area contributed by atoms with Crippen LogP contribution in [-0.2, 0) is 0 Å².